The van der Waals surface area contributed by atoms with Crippen LogP contribution in [0, 0.1) is 5.82 Å². The van der Waals surface area contributed by atoms with E-state index in [1.54, 1.807) is 0 Å². The maximum Gasteiger partial charge on any atom is 0.416 e. The Morgan fingerprint density at radius 3 is 2.31 bits per heavy atom. The standard InChI is InChI=1S/C9H7F4NO2/c10-6-2-4(7(14)8(15)16)1-5(3-6)9(11,12)13/h1-3,7H,14H2,(H,15,16)/t7-/m0/s1. The summed E-state index contributed by atoms with van der Waals surface area (Å²) in [5.74, 6) is -2.71. The average Bonchev–Trinajstić information content (AvgIpc) is 2.14. The Bertz CT molecular complexity index is 416. The van der Waals surface area contributed by atoms with Crippen molar-refractivity contribution in [3.05, 3.63) is 35.1 Å². The monoisotopic (exact) mass is 237 g/mol. The highest BCUT2D eigenvalue weighted by molar-refractivity contribution is 5.75. The third kappa shape index (κ3) is 2.69. The first kappa shape index (κ1) is 12.4. The maximum atomic E-state index is 12.8. The van der Waals surface area contributed by atoms with Crippen molar-refractivity contribution in [1.29, 1.82) is 0 Å². The van der Waals surface area contributed by atoms with Gasteiger partial charge in [-0.25, -0.2) is 4.39 Å². The molecule has 0 radical (unpaired) electrons. The number of benzene rings is 1. The van der Waals surface area contributed by atoms with E-state index < -0.39 is 35.1 Å². The molecule has 1 atom stereocenters. The smallest absolute Gasteiger partial charge is 0.416 e. The summed E-state index contributed by atoms with van der Waals surface area (Å²) in [4.78, 5) is 10.4. The lowest BCUT2D eigenvalue weighted by atomic mass is 10.0. The molecule has 0 aliphatic carbocycles. The van der Waals surface area contributed by atoms with Gasteiger partial charge in [-0.15, -0.1) is 0 Å². The normalized spacial score (nSPS) is 13.6. The minimum Gasteiger partial charge on any atom is -0.480 e. The first-order valence-electron chi connectivity index (χ1n) is 4.08. The molecule has 0 unspecified atom stereocenters. The molecular formula is C9H7F4NO2. The Kier molecular flexibility index (Phi) is 3.18. The van der Waals surface area contributed by atoms with E-state index in [0.717, 1.165) is 0 Å². The lowest BCUT2D eigenvalue weighted by molar-refractivity contribution is -0.140. The van der Waals surface area contributed by atoms with Gasteiger partial charge < -0.3 is 10.8 Å². The van der Waals surface area contributed by atoms with Crippen molar-refractivity contribution >= 4 is 5.97 Å². The Labute approximate surface area is 87.5 Å². The molecule has 0 aliphatic rings. The van der Waals surface area contributed by atoms with E-state index in [-0.39, 0.29) is 6.07 Å². The molecule has 3 N–H and O–H groups in total. The summed E-state index contributed by atoms with van der Waals surface area (Å²) >= 11 is 0. The second-order valence-corrected chi connectivity index (χ2v) is 3.09. The van der Waals surface area contributed by atoms with Crippen LogP contribution >= 0.6 is 0 Å². The van der Waals surface area contributed by atoms with Crippen molar-refractivity contribution < 1.29 is 27.5 Å². The maximum absolute atomic E-state index is 12.8. The summed E-state index contributed by atoms with van der Waals surface area (Å²) in [6.45, 7) is 0. The van der Waals surface area contributed by atoms with E-state index in [2.05, 4.69) is 0 Å². The molecule has 0 fully saturated rings. The van der Waals surface area contributed by atoms with Gasteiger partial charge in [-0.1, -0.05) is 0 Å². The number of carboxylic acid groups (broad SMARTS) is 1. The molecule has 1 rings (SSSR count). The van der Waals surface area contributed by atoms with Crippen LogP contribution in [0.25, 0.3) is 0 Å². The first-order valence-corrected chi connectivity index (χ1v) is 4.08. The zero-order valence-corrected chi connectivity index (χ0v) is 7.75. The molecule has 0 spiro atoms. The predicted octanol–water partition coefficient (Wildman–Crippen LogP) is 1.93. The van der Waals surface area contributed by atoms with Gasteiger partial charge in [-0.3, -0.25) is 4.79 Å². The van der Waals surface area contributed by atoms with Gasteiger partial charge in [0.1, 0.15) is 11.9 Å². The van der Waals surface area contributed by atoms with Crippen LogP contribution in [0.4, 0.5) is 17.6 Å². The molecule has 0 saturated heterocycles. The average molecular weight is 237 g/mol. The van der Waals surface area contributed by atoms with Crippen LogP contribution in [-0.4, -0.2) is 11.1 Å². The lowest BCUT2D eigenvalue weighted by Crippen LogP contribution is -2.21. The van der Waals surface area contributed by atoms with Gasteiger partial charge in [0, 0.05) is 0 Å². The van der Waals surface area contributed by atoms with Crippen LogP contribution in [0.3, 0.4) is 0 Å². The van der Waals surface area contributed by atoms with E-state index in [1.165, 1.54) is 0 Å². The molecule has 3 nitrogen and oxygen atoms in total. The number of aliphatic carboxylic acids is 1. The number of hydrogen-bond acceptors (Lipinski definition) is 2. The number of rotatable bonds is 2. The van der Waals surface area contributed by atoms with Gasteiger partial charge in [0.2, 0.25) is 0 Å². The fourth-order valence-electron chi connectivity index (χ4n) is 1.10. The number of carbonyl (C=O) groups is 1. The van der Waals surface area contributed by atoms with Gasteiger partial charge in [0.05, 0.1) is 5.56 Å². The minimum atomic E-state index is -4.74. The molecule has 0 saturated carbocycles. The van der Waals surface area contributed by atoms with Crippen molar-refractivity contribution in [3.8, 4) is 0 Å². The molecule has 0 amide bonds. The molecular weight excluding hydrogens is 230 g/mol. The van der Waals surface area contributed by atoms with Gasteiger partial charge in [0.25, 0.3) is 0 Å². The molecule has 1 aromatic carbocycles. The topological polar surface area (TPSA) is 63.3 Å². The van der Waals surface area contributed by atoms with Crippen molar-refractivity contribution in [2.75, 3.05) is 0 Å². The molecule has 88 valence electrons. The summed E-state index contributed by atoms with van der Waals surface area (Å²) in [5, 5.41) is 8.49. The van der Waals surface area contributed by atoms with E-state index in [4.69, 9.17) is 10.8 Å². The molecule has 0 aromatic heterocycles. The van der Waals surface area contributed by atoms with Gasteiger partial charge >= 0.3 is 12.1 Å². The predicted molar refractivity (Wildman–Crippen MR) is 46.0 cm³/mol. The van der Waals surface area contributed by atoms with Gasteiger partial charge in [-0.05, 0) is 23.8 Å². The summed E-state index contributed by atoms with van der Waals surface area (Å²) in [6, 6.07) is -0.231. The third-order valence-electron chi connectivity index (χ3n) is 1.87. The molecule has 16 heavy (non-hydrogen) atoms. The molecule has 0 aliphatic heterocycles. The SMILES string of the molecule is N[C@H](C(=O)O)c1cc(F)cc(C(F)(F)F)c1. The fraction of sp³-hybridized carbons (Fsp3) is 0.222. The zero-order valence-electron chi connectivity index (χ0n) is 7.75. The van der Waals surface area contributed by atoms with E-state index >= 15 is 0 Å². The number of hydrogen-bond donors (Lipinski definition) is 2. The Hall–Kier alpha value is -1.63. The summed E-state index contributed by atoms with van der Waals surface area (Å²) in [5.41, 5.74) is 3.39. The van der Waals surface area contributed by atoms with Crippen molar-refractivity contribution in [2.45, 2.75) is 12.2 Å². The first-order chi connectivity index (χ1) is 7.21. The molecule has 1 aromatic rings. The molecule has 0 heterocycles. The summed E-state index contributed by atoms with van der Waals surface area (Å²) in [7, 11) is 0. The second kappa shape index (κ2) is 4.09. The molecule has 7 heteroatoms. The Morgan fingerprint density at radius 2 is 1.88 bits per heavy atom. The van der Waals surface area contributed by atoms with E-state index in [1.807, 2.05) is 0 Å². The largest absolute Gasteiger partial charge is 0.480 e. The van der Waals surface area contributed by atoms with Crippen LogP contribution < -0.4 is 5.73 Å². The lowest BCUT2D eigenvalue weighted by Gasteiger charge is -2.11. The highest BCUT2D eigenvalue weighted by Gasteiger charge is 2.32. The minimum absolute atomic E-state index is 0.276. The number of alkyl halides is 3. The van der Waals surface area contributed by atoms with Crippen molar-refractivity contribution in [2.24, 2.45) is 5.73 Å². The molecule has 0 bridgehead atoms. The summed E-state index contributed by atoms with van der Waals surface area (Å²) < 4.78 is 49.6. The van der Waals surface area contributed by atoms with Crippen molar-refractivity contribution in [3.63, 3.8) is 0 Å². The zero-order chi connectivity index (χ0) is 12.5. The summed E-state index contributed by atoms with van der Waals surface area (Å²) in [6.07, 6.45) is -4.74. The van der Waals surface area contributed by atoms with E-state index in [0.29, 0.717) is 12.1 Å². The Balaban J connectivity index is 3.23. The number of carboxylic acids is 1. The third-order valence-corrected chi connectivity index (χ3v) is 1.87. The number of nitrogens with two attached hydrogens (primary N) is 1. The highest BCUT2D eigenvalue weighted by atomic mass is 19.4. The van der Waals surface area contributed by atoms with Gasteiger partial charge in [-0.2, -0.15) is 13.2 Å². The fourth-order valence-corrected chi connectivity index (χ4v) is 1.10. The Morgan fingerprint density at radius 1 is 1.31 bits per heavy atom. The van der Waals surface area contributed by atoms with Gasteiger partial charge in [0.15, 0.2) is 0 Å². The van der Waals surface area contributed by atoms with Crippen LogP contribution in [0.15, 0.2) is 18.2 Å². The van der Waals surface area contributed by atoms with Crippen LogP contribution in [0.5, 0.6) is 0 Å². The van der Waals surface area contributed by atoms with Crippen LogP contribution in [0.2, 0.25) is 0 Å². The highest BCUT2D eigenvalue weighted by Crippen LogP contribution is 2.31. The quantitative estimate of drug-likeness (QED) is 0.772. The van der Waals surface area contributed by atoms with Crippen LogP contribution in [-0.2, 0) is 11.0 Å². The van der Waals surface area contributed by atoms with Crippen LogP contribution in [0.1, 0.15) is 17.2 Å². The van der Waals surface area contributed by atoms with E-state index in [9.17, 15) is 22.4 Å². The number of halogens is 4. The van der Waals surface area contributed by atoms with Crippen molar-refractivity contribution in [1.82, 2.24) is 0 Å². The second-order valence-electron chi connectivity index (χ2n) is 3.09.